The van der Waals surface area contributed by atoms with Crippen LogP contribution in [0.5, 0.6) is 23.0 Å². The second kappa shape index (κ2) is 22.1. The molecule has 2 fully saturated rings. The second-order valence-corrected chi connectivity index (χ2v) is 23.4. The number of fused-ring (bicyclic) bond motifs is 13. The van der Waals surface area contributed by atoms with Gasteiger partial charge in [0, 0.05) is 81.0 Å². The number of rotatable bonds is 11. The van der Waals surface area contributed by atoms with Crippen LogP contribution in [0, 0.1) is 36.5 Å². The van der Waals surface area contributed by atoms with Crippen LogP contribution in [0.25, 0.3) is 0 Å². The van der Waals surface area contributed by atoms with Crippen molar-refractivity contribution in [2.24, 2.45) is 9.98 Å². The Kier molecular flexibility index (Phi) is 15.2. The molecule has 1 amide bonds. The highest BCUT2D eigenvalue weighted by Gasteiger charge is 2.60. The van der Waals surface area contributed by atoms with Gasteiger partial charge >= 0.3 is 0 Å². The molecule has 20 nitrogen and oxygen atoms in total. The zero-order chi connectivity index (χ0) is 59.2. The highest BCUT2D eigenvalue weighted by Crippen LogP contribution is 2.56. The number of nitrogens with zero attached hydrogens (tertiary/aromatic N) is 8. The van der Waals surface area contributed by atoms with Gasteiger partial charge in [-0.2, -0.15) is 10.5 Å². The van der Waals surface area contributed by atoms with Crippen LogP contribution in [-0.4, -0.2) is 174 Å². The topological polar surface area (TPSA) is 255 Å². The number of piperazine rings is 2. The first-order chi connectivity index (χ1) is 39.9. The number of allylic oxidation sites excluding steroid dienone is 4. The van der Waals surface area contributed by atoms with Gasteiger partial charge in [-0.1, -0.05) is 30.3 Å². The third-order valence-corrected chi connectivity index (χ3v) is 19.3. The number of carbonyl (C=O) groups is 4. The molecule has 11 atom stereocenters. The first-order valence-electron chi connectivity index (χ1n) is 27.8. The number of para-hydroxylation sites is 1. The number of aryl methyl sites for hydroxylation is 2. The number of ether oxygens (including phenoxy) is 4. The zero-order valence-electron chi connectivity index (χ0n) is 48.4. The highest BCUT2D eigenvalue weighted by molar-refractivity contribution is 8.13. The molecule has 4 N–H and O–H groups in total. The summed E-state index contributed by atoms with van der Waals surface area (Å²) >= 11 is 1.23. The quantitative estimate of drug-likeness (QED) is 0.0763. The number of ketones is 3. The van der Waals surface area contributed by atoms with Crippen LogP contribution in [0.2, 0.25) is 0 Å². The summed E-state index contributed by atoms with van der Waals surface area (Å²) in [6, 6.07) is 14.4. The number of hydrogen-bond donors (Lipinski definition) is 4. The number of phenolic OH excluding ortho intramolecular Hbond substituents is 2. The molecule has 0 saturated carbocycles. The Labute approximate surface area is 486 Å². The number of carbonyl (C=O) groups excluding carboxylic acids is 4. The molecule has 0 aromatic heterocycles. The molecule has 3 aromatic rings. The first-order valence-corrected chi connectivity index (χ1v) is 28.7. The molecule has 2 aliphatic carbocycles. The van der Waals surface area contributed by atoms with Crippen molar-refractivity contribution in [1.29, 1.82) is 10.5 Å². The second-order valence-electron chi connectivity index (χ2n) is 22.7. The fourth-order valence-corrected chi connectivity index (χ4v) is 15.7. The summed E-state index contributed by atoms with van der Waals surface area (Å²) < 4.78 is 25.3. The van der Waals surface area contributed by atoms with Gasteiger partial charge in [0.15, 0.2) is 46.1 Å². The van der Waals surface area contributed by atoms with Gasteiger partial charge in [0.05, 0.1) is 76.8 Å². The molecule has 3 aromatic carbocycles. The summed E-state index contributed by atoms with van der Waals surface area (Å²) in [5, 5.41) is 47.0. The highest BCUT2D eigenvalue weighted by atomic mass is 32.2. The fourth-order valence-electron chi connectivity index (χ4n) is 15.1. The third kappa shape index (κ3) is 8.84. The molecule has 7 aliphatic heterocycles. The van der Waals surface area contributed by atoms with Crippen LogP contribution in [0.3, 0.4) is 0 Å². The van der Waals surface area contributed by atoms with Crippen molar-refractivity contribution >= 4 is 52.2 Å². The predicted molar refractivity (Wildman–Crippen MR) is 311 cm³/mol. The smallest absolute Gasteiger partial charge is 0.244 e. The molecule has 0 radical (unpaired) electrons. The molecular weight excluding hydrogens is 1080 g/mol. The number of benzene rings is 3. The first kappa shape index (κ1) is 57.0. The van der Waals surface area contributed by atoms with Gasteiger partial charge in [-0.25, -0.2) is 0 Å². The Morgan fingerprint density at radius 3 is 1.80 bits per heavy atom. The molecule has 83 heavy (non-hydrogen) atoms. The van der Waals surface area contributed by atoms with Crippen LogP contribution >= 0.6 is 11.9 Å². The maximum absolute atomic E-state index is 14.1. The van der Waals surface area contributed by atoms with E-state index in [9.17, 15) is 39.9 Å². The summed E-state index contributed by atoms with van der Waals surface area (Å²) in [4.78, 5) is 72.6. The van der Waals surface area contributed by atoms with Crippen molar-refractivity contribution in [2.45, 2.75) is 127 Å². The summed E-state index contributed by atoms with van der Waals surface area (Å²) in [5.41, 5.74) is 11.5. The number of anilines is 1. The van der Waals surface area contributed by atoms with E-state index in [2.05, 4.69) is 47.9 Å². The average molecular weight is 1150 g/mol. The number of likely N-dealkylation sites (N-methyl/N-ethyl adjacent to an activating group) is 2. The monoisotopic (exact) mass is 1140 g/mol. The van der Waals surface area contributed by atoms with Crippen LogP contribution < -0.4 is 19.5 Å². The maximum Gasteiger partial charge on any atom is 0.244 e. The van der Waals surface area contributed by atoms with E-state index in [0.29, 0.717) is 59.8 Å². The fraction of sp³-hybridized carbons (Fsp3) is 0.452. The minimum absolute atomic E-state index is 0.00243. The summed E-state index contributed by atoms with van der Waals surface area (Å²) in [7, 11) is 9.97. The Morgan fingerprint density at radius 1 is 0.747 bits per heavy atom. The number of amides is 1. The van der Waals surface area contributed by atoms with Gasteiger partial charge in [0.1, 0.15) is 23.8 Å². The number of hydrogen-bond acceptors (Lipinski definition) is 20. The van der Waals surface area contributed by atoms with Crippen molar-refractivity contribution in [3.63, 3.8) is 0 Å². The number of aromatic hydroxyl groups is 2. The van der Waals surface area contributed by atoms with Gasteiger partial charge < -0.3 is 39.2 Å². The minimum atomic E-state index is -0.822. The lowest BCUT2D eigenvalue weighted by Crippen LogP contribution is -2.71. The van der Waals surface area contributed by atoms with E-state index in [0.717, 1.165) is 50.4 Å². The van der Waals surface area contributed by atoms with E-state index in [1.54, 1.807) is 40.5 Å². The Hall–Kier alpha value is -7.79. The van der Waals surface area contributed by atoms with Gasteiger partial charge in [-0.05, 0) is 121 Å². The van der Waals surface area contributed by atoms with E-state index in [1.807, 2.05) is 69.2 Å². The number of phenols is 2. The van der Waals surface area contributed by atoms with E-state index in [4.69, 9.17) is 23.9 Å². The zero-order valence-corrected chi connectivity index (χ0v) is 49.2. The Balaban J connectivity index is 0.000000185. The van der Waals surface area contributed by atoms with E-state index in [-0.39, 0.29) is 95.1 Å². The summed E-state index contributed by atoms with van der Waals surface area (Å²) in [5.74, 6) is 0.462. The van der Waals surface area contributed by atoms with E-state index in [1.165, 1.54) is 26.2 Å². The van der Waals surface area contributed by atoms with Crippen LogP contribution in [0.4, 0.5) is 5.69 Å². The Bertz CT molecular complexity index is 3580. The summed E-state index contributed by atoms with van der Waals surface area (Å²) in [6.45, 7) is 9.29. The van der Waals surface area contributed by atoms with Gasteiger partial charge in [-0.15, -0.1) is 0 Å². The molecule has 4 bridgehead atoms. The van der Waals surface area contributed by atoms with Crippen molar-refractivity contribution in [3.8, 4) is 35.1 Å². The summed E-state index contributed by atoms with van der Waals surface area (Å²) in [6.07, 6.45) is 1.80. The standard InChI is InChI=1S/C36H40N6O6S.C26H28N4O4/c1-18-12-21-13-24-26(15-37)42-25(30(41(24)4)28(21)32(44)34(18)47-5)14-23-29(33(45)35(48-6)19(2)31(23)43)27(42)16-38-36(46)20(3)39-17-49-40-22-10-8-7-9-11-22;1-11-6-13-7-15-17(9-27)30-16(22(29(15)3)19(13)24(32)25(11)33-4)8-14-20-18(30)10-28-21(20)26(34-5)12(2)23(14)31/h7-12,17,20,24-27,30,40,44H,13-14,16H2,1-6H3,(H,38,46);6,15-18,22,32H,7-8,10H2,1-5H3/t20?,24-,25?,26-,27?,30-;15-,16?,17-,18?,22-/m00/s1. The number of methoxy groups -OCH3 is 4. The lowest BCUT2D eigenvalue weighted by molar-refractivity contribution is -0.125. The van der Waals surface area contributed by atoms with Crippen molar-refractivity contribution in [1.82, 2.24) is 24.9 Å². The SMILES string of the molecule is COC1=C(C)C(=O)C2=C(C1=O)C(CNC(=O)C(C)N=CSNc1ccccc1)N1C(C2)[C@H]2c3c(cc(C)c(OC)c3O)C[C@@H]([C@@H]1C#N)N2C.COC1=C(C)C(=O)C2=C3C1=NCC3N1C(C2)[C@H]2c3c(cc(C)c(OC)c3O)C[C@@H]([C@@H]1C#N)N2C. The lowest BCUT2D eigenvalue weighted by atomic mass is 9.69. The molecule has 12 rings (SSSR count). The number of Topliss-reactive ketones (excluding diaryl/α,β-unsaturated/α-hetero) is 3. The molecule has 432 valence electrons. The normalized spacial score (nSPS) is 28.3. The molecule has 9 aliphatic rings. The molecular formula is C62H68N10O10S. The molecule has 2 saturated heterocycles. The molecule has 7 heterocycles. The van der Waals surface area contributed by atoms with Crippen LogP contribution in [0.1, 0.15) is 79.1 Å². The van der Waals surface area contributed by atoms with Crippen molar-refractivity contribution in [2.75, 3.05) is 60.3 Å². The largest absolute Gasteiger partial charge is 0.504 e. The Morgan fingerprint density at radius 2 is 1.27 bits per heavy atom. The van der Waals surface area contributed by atoms with Gasteiger partial charge in [0.25, 0.3) is 0 Å². The lowest BCUT2D eigenvalue weighted by Gasteiger charge is -2.60. The van der Waals surface area contributed by atoms with Gasteiger partial charge in [0.2, 0.25) is 11.7 Å². The van der Waals surface area contributed by atoms with Crippen molar-refractivity contribution < 1.29 is 48.3 Å². The van der Waals surface area contributed by atoms with Crippen molar-refractivity contribution in [3.05, 3.63) is 121 Å². The molecule has 0 spiro atoms. The third-order valence-electron chi connectivity index (χ3n) is 18.7. The van der Waals surface area contributed by atoms with E-state index >= 15 is 0 Å². The number of nitrogens with one attached hydrogen (secondary N) is 2. The van der Waals surface area contributed by atoms with Gasteiger partial charge in [-0.3, -0.25) is 48.8 Å². The maximum atomic E-state index is 14.1. The minimum Gasteiger partial charge on any atom is -0.504 e. The number of aliphatic imine (C=N–C) groups is 2. The van der Waals surface area contributed by atoms with E-state index < -0.39 is 36.0 Å². The molecule has 5 unspecified atom stereocenters. The predicted octanol–water partition coefficient (Wildman–Crippen LogP) is 5.83. The average Bonchev–Trinajstić information content (AvgIpc) is 1.79. The molecule has 21 heteroatoms. The van der Waals surface area contributed by atoms with Crippen LogP contribution in [0.15, 0.2) is 97.4 Å². The van der Waals surface area contributed by atoms with Crippen LogP contribution in [-0.2, 0) is 41.5 Å². The number of nitriles is 2.